The van der Waals surface area contributed by atoms with E-state index in [1.54, 1.807) is 12.1 Å². The van der Waals surface area contributed by atoms with Gasteiger partial charge in [0.05, 0.1) is 5.92 Å². The number of hydrogen-bond acceptors (Lipinski definition) is 1. The van der Waals surface area contributed by atoms with E-state index in [0.29, 0.717) is 5.02 Å². The molecule has 4 rings (SSSR count). The van der Waals surface area contributed by atoms with Gasteiger partial charge in [0.25, 0.3) is 0 Å². The molecule has 2 nitrogen and oxygen atoms in total. The maximum absolute atomic E-state index is 13.0. The van der Waals surface area contributed by atoms with E-state index in [9.17, 15) is 4.79 Å². The van der Waals surface area contributed by atoms with Crippen LogP contribution < -0.4 is 5.32 Å². The van der Waals surface area contributed by atoms with Crippen molar-refractivity contribution in [1.29, 1.82) is 0 Å². The van der Waals surface area contributed by atoms with Gasteiger partial charge in [0.2, 0.25) is 5.91 Å². The smallest absolute Gasteiger partial charge is 0.228 e. The normalized spacial score (nSPS) is 17.4. The lowest BCUT2D eigenvalue weighted by molar-refractivity contribution is -0.117. The first-order valence-electron chi connectivity index (χ1n) is 9.20. The summed E-state index contributed by atoms with van der Waals surface area (Å²) >= 11 is 5.95. The first kappa shape index (κ1) is 17.8. The molecule has 27 heavy (non-hydrogen) atoms. The van der Waals surface area contributed by atoms with Crippen molar-refractivity contribution in [2.24, 2.45) is 5.92 Å². The molecule has 0 bridgehead atoms. The van der Waals surface area contributed by atoms with Crippen LogP contribution in [0.1, 0.15) is 28.7 Å². The van der Waals surface area contributed by atoms with Crippen LogP contribution >= 0.6 is 11.6 Å². The summed E-state index contributed by atoms with van der Waals surface area (Å²) in [5.74, 6) is -0.0305. The fourth-order valence-corrected chi connectivity index (χ4v) is 4.12. The van der Waals surface area contributed by atoms with Crippen molar-refractivity contribution in [2.75, 3.05) is 5.32 Å². The molecule has 3 heteroatoms. The lowest BCUT2D eigenvalue weighted by Gasteiger charge is -2.20. The van der Waals surface area contributed by atoms with E-state index in [1.165, 1.54) is 22.3 Å². The summed E-state index contributed by atoms with van der Waals surface area (Å²) < 4.78 is 0. The number of benzene rings is 3. The highest BCUT2D eigenvalue weighted by Gasteiger charge is 2.60. The Kier molecular flexibility index (Phi) is 4.53. The summed E-state index contributed by atoms with van der Waals surface area (Å²) in [4.78, 5) is 13.0. The van der Waals surface area contributed by atoms with Crippen molar-refractivity contribution in [3.63, 3.8) is 0 Å². The number of carbonyl (C=O) groups is 1. The molecule has 1 amide bonds. The largest absolute Gasteiger partial charge is 0.326 e. The van der Waals surface area contributed by atoms with Crippen LogP contribution in [-0.2, 0) is 10.2 Å². The number of rotatable bonds is 4. The Balaban J connectivity index is 1.69. The molecule has 0 aromatic heterocycles. The third-order valence-corrected chi connectivity index (χ3v) is 5.71. The number of anilines is 1. The van der Waals surface area contributed by atoms with Gasteiger partial charge in [-0.1, -0.05) is 71.3 Å². The van der Waals surface area contributed by atoms with Crippen LogP contribution in [0.2, 0.25) is 5.02 Å². The molecule has 1 N–H and O–H groups in total. The summed E-state index contributed by atoms with van der Waals surface area (Å²) in [6, 6.07) is 24.3. The molecular weight excluding hydrogens is 354 g/mol. The Morgan fingerprint density at radius 1 is 0.926 bits per heavy atom. The second-order valence-corrected chi connectivity index (χ2v) is 7.90. The molecule has 1 aliphatic carbocycles. The lowest BCUT2D eigenvalue weighted by atomic mass is 9.84. The van der Waals surface area contributed by atoms with E-state index in [2.05, 4.69) is 67.7 Å². The second-order valence-electron chi connectivity index (χ2n) is 7.46. The van der Waals surface area contributed by atoms with Gasteiger partial charge >= 0.3 is 0 Å². The monoisotopic (exact) mass is 375 g/mol. The highest BCUT2D eigenvalue weighted by molar-refractivity contribution is 6.30. The lowest BCUT2D eigenvalue weighted by Crippen LogP contribution is -2.22. The maximum atomic E-state index is 13.0. The van der Waals surface area contributed by atoms with Gasteiger partial charge in [0, 0.05) is 16.1 Å². The van der Waals surface area contributed by atoms with Crippen LogP contribution in [0.15, 0.2) is 72.8 Å². The van der Waals surface area contributed by atoms with Crippen molar-refractivity contribution in [3.8, 4) is 0 Å². The number of carbonyl (C=O) groups excluding carboxylic acids is 1. The first-order chi connectivity index (χ1) is 13.0. The van der Waals surface area contributed by atoms with Crippen molar-refractivity contribution in [3.05, 3.63) is 100 Å². The Hall–Kier alpha value is -2.58. The highest BCUT2D eigenvalue weighted by atomic mass is 35.5. The first-order valence-corrected chi connectivity index (χ1v) is 9.57. The summed E-state index contributed by atoms with van der Waals surface area (Å²) in [7, 11) is 0. The predicted molar refractivity (Wildman–Crippen MR) is 111 cm³/mol. The fourth-order valence-electron chi connectivity index (χ4n) is 3.99. The molecule has 3 aromatic rings. The molecular formula is C24H22ClNO. The Bertz CT molecular complexity index is 948. The zero-order chi connectivity index (χ0) is 19.0. The third-order valence-electron chi connectivity index (χ3n) is 5.46. The van der Waals surface area contributed by atoms with Gasteiger partial charge in [-0.25, -0.2) is 0 Å². The summed E-state index contributed by atoms with van der Waals surface area (Å²) in [5, 5.41) is 3.72. The number of hydrogen-bond donors (Lipinski definition) is 1. The number of amides is 1. The standard InChI is InChI=1S/C24H22ClNO/c1-16-5-3-7-18(13-16)24(19-8-4-6-17(2)14-19)15-22(24)23(27)26-21-11-9-20(25)10-12-21/h3-14,22H,15H2,1-2H3,(H,26,27). The van der Waals surface area contributed by atoms with E-state index < -0.39 is 0 Å². The Morgan fingerprint density at radius 3 is 2.00 bits per heavy atom. The van der Waals surface area contributed by atoms with E-state index in [-0.39, 0.29) is 17.2 Å². The van der Waals surface area contributed by atoms with Gasteiger partial charge < -0.3 is 5.32 Å². The molecule has 3 aromatic carbocycles. The molecule has 0 saturated heterocycles. The topological polar surface area (TPSA) is 29.1 Å². The quantitative estimate of drug-likeness (QED) is 0.604. The summed E-state index contributed by atoms with van der Waals surface area (Å²) in [6.45, 7) is 4.19. The molecule has 1 aliphatic rings. The zero-order valence-electron chi connectivity index (χ0n) is 15.5. The average molecular weight is 376 g/mol. The van der Waals surface area contributed by atoms with Crippen LogP contribution in [0, 0.1) is 19.8 Å². The SMILES string of the molecule is Cc1cccc(C2(c3cccc(C)c3)CC2C(=O)Nc2ccc(Cl)cc2)c1. The van der Waals surface area contributed by atoms with Crippen molar-refractivity contribution in [1.82, 2.24) is 0 Å². The second kappa shape index (κ2) is 6.86. The van der Waals surface area contributed by atoms with E-state index >= 15 is 0 Å². The van der Waals surface area contributed by atoms with Gasteiger partial charge in [0.1, 0.15) is 0 Å². The number of halogens is 1. The summed E-state index contributed by atoms with van der Waals surface area (Å²) in [6.07, 6.45) is 0.819. The van der Waals surface area contributed by atoms with Crippen LogP contribution in [0.25, 0.3) is 0 Å². The van der Waals surface area contributed by atoms with Crippen LogP contribution in [0.4, 0.5) is 5.69 Å². The Labute approximate surface area is 165 Å². The fraction of sp³-hybridized carbons (Fsp3) is 0.208. The molecule has 1 unspecified atom stereocenters. The van der Waals surface area contributed by atoms with Crippen molar-refractivity contribution in [2.45, 2.75) is 25.7 Å². The van der Waals surface area contributed by atoms with E-state index in [1.807, 2.05) is 12.1 Å². The van der Waals surface area contributed by atoms with Crippen LogP contribution in [-0.4, -0.2) is 5.91 Å². The molecule has 0 aliphatic heterocycles. The average Bonchev–Trinajstić information content (AvgIpc) is 3.41. The maximum Gasteiger partial charge on any atom is 0.228 e. The van der Waals surface area contributed by atoms with Crippen LogP contribution in [0.5, 0.6) is 0 Å². The van der Waals surface area contributed by atoms with Gasteiger partial charge in [-0.15, -0.1) is 0 Å². The third kappa shape index (κ3) is 3.38. The minimum atomic E-state index is -0.255. The van der Waals surface area contributed by atoms with Gasteiger partial charge in [0.15, 0.2) is 0 Å². The molecule has 0 heterocycles. The van der Waals surface area contributed by atoms with Crippen molar-refractivity contribution >= 4 is 23.2 Å². The van der Waals surface area contributed by atoms with Gasteiger partial charge in [-0.2, -0.15) is 0 Å². The van der Waals surface area contributed by atoms with Crippen molar-refractivity contribution < 1.29 is 4.79 Å². The minimum Gasteiger partial charge on any atom is -0.326 e. The van der Waals surface area contributed by atoms with E-state index in [4.69, 9.17) is 11.6 Å². The highest BCUT2D eigenvalue weighted by Crippen LogP contribution is 2.59. The molecule has 1 saturated carbocycles. The molecule has 1 atom stereocenters. The predicted octanol–water partition coefficient (Wildman–Crippen LogP) is 5.90. The van der Waals surface area contributed by atoms with E-state index in [0.717, 1.165) is 12.1 Å². The molecule has 0 radical (unpaired) electrons. The minimum absolute atomic E-state index is 0.0559. The zero-order valence-corrected chi connectivity index (χ0v) is 16.3. The molecule has 0 spiro atoms. The summed E-state index contributed by atoms with van der Waals surface area (Å²) in [5.41, 5.74) is 5.37. The Morgan fingerprint density at radius 2 is 1.48 bits per heavy atom. The number of nitrogens with one attached hydrogen (secondary N) is 1. The van der Waals surface area contributed by atoms with Gasteiger partial charge in [-0.05, 0) is 55.7 Å². The number of aryl methyl sites for hydroxylation is 2. The van der Waals surface area contributed by atoms with Crippen LogP contribution in [0.3, 0.4) is 0 Å². The van der Waals surface area contributed by atoms with Gasteiger partial charge in [-0.3, -0.25) is 4.79 Å². The molecule has 1 fully saturated rings. The molecule has 136 valence electrons.